The summed E-state index contributed by atoms with van der Waals surface area (Å²) >= 11 is 0. The van der Waals surface area contributed by atoms with Crippen LogP contribution in [0.2, 0.25) is 0 Å². The van der Waals surface area contributed by atoms with Crippen molar-refractivity contribution in [2.24, 2.45) is 0 Å². The SMILES string of the molecule is O=C(c1ccc(S(=O)(=O)c2ccc(F)cc2)c([N+](=O)[O-])c1)N1CCN(c2ccccn2)CC1. The van der Waals surface area contributed by atoms with Crippen LogP contribution in [0.5, 0.6) is 0 Å². The van der Waals surface area contributed by atoms with Gasteiger partial charge in [0.25, 0.3) is 11.6 Å². The predicted octanol–water partition coefficient (Wildman–Crippen LogP) is 2.92. The number of benzene rings is 2. The summed E-state index contributed by atoms with van der Waals surface area (Å²) in [4.78, 5) is 30.8. The number of rotatable bonds is 5. The van der Waals surface area contributed by atoms with Crippen molar-refractivity contribution in [1.29, 1.82) is 0 Å². The molecular weight excluding hydrogens is 451 g/mol. The number of piperazine rings is 1. The molecule has 170 valence electrons. The molecular formula is C22H19FN4O5S. The van der Waals surface area contributed by atoms with Gasteiger partial charge < -0.3 is 9.80 Å². The topological polar surface area (TPSA) is 114 Å². The molecule has 0 bridgehead atoms. The molecule has 3 aromatic rings. The zero-order valence-electron chi connectivity index (χ0n) is 17.3. The number of amides is 1. The van der Waals surface area contributed by atoms with Crippen LogP contribution in [0.1, 0.15) is 10.4 Å². The second kappa shape index (κ2) is 8.94. The van der Waals surface area contributed by atoms with Crippen molar-refractivity contribution < 1.29 is 22.5 Å². The largest absolute Gasteiger partial charge is 0.353 e. The molecule has 1 amide bonds. The van der Waals surface area contributed by atoms with Crippen molar-refractivity contribution in [3.63, 3.8) is 0 Å². The summed E-state index contributed by atoms with van der Waals surface area (Å²) in [5, 5.41) is 11.6. The highest BCUT2D eigenvalue weighted by Gasteiger charge is 2.30. The second-order valence-corrected chi connectivity index (χ2v) is 9.28. The molecule has 1 fully saturated rings. The maximum Gasteiger partial charge on any atom is 0.289 e. The Bertz CT molecular complexity index is 1290. The average Bonchev–Trinajstić information content (AvgIpc) is 2.84. The molecule has 9 nitrogen and oxygen atoms in total. The lowest BCUT2D eigenvalue weighted by Gasteiger charge is -2.35. The van der Waals surface area contributed by atoms with Gasteiger partial charge in [0.15, 0.2) is 0 Å². The van der Waals surface area contributed by atoms with Crippen LogP contribution in [0.3, 0.4) is 0 Å². The molecule has 0 aliphatic carbocycles. The highest BCUT2D eigenvalue weighted by molar-refractivity contribution is 7.91. The number of nitrogens with zero attached hydrogens (tertiary/aromatic N) is 4. The number of halogens is 1. The van der Waals surface area contributed by atoms with Crippen LogP contribution in [0.15, 0.2) is 76.7 Å². The van der Waals surface area contributed by atoms with Gasteiger partial charge in [0.1, 0.15) is 16.5 Å². The normalized spacial score (nSPS) is 14.2. The second-order valence-electron chi connectivity index (χ2n) is 7.36. The molecule has 1 saturated heterocycles. The highest BCUT2D eigenvalue weighted by Crippen LogP contribution is 2.31. The minimum atomic E-state index is -4.28. The Morgan fingerprint density at radius 1 is 1.00 bits per heavy atom. The molecule has 1 aliphatic rings. The van der Waals surface area contributed by atoms with Crippen LogP contribution < -0.4 is 4.90 Å². The summed E-state index contributed by atoms with van der Waals surface area (Å²) in [5.74, 6) is -0.257. The van der Waals surface area contributed by atoms with Gasteiger partial charge in [-0.05, 0) is 48.5 Å². The first-order valence-electron chi connectivity index (χ1n) is 10.0. The predicted molar refractivity (Wildman–Crippen MR) is 117 cm³/mol. The Morgan fingerprint density at radius 3 is 2.30 bits per heavy atom. The van der Waals surface area contributed by atoms with E-state index in [1.54, 1.807) is 11.1 Å². The van der Waals surface area contributed by atoms with E-state index >= 15 is 0 Å². The van der Waals surface area contributed by atoms with E-state index < -0.39 is 37.1 Å². The average molecular weight is 470 g/mol. The van der Waals surface area contributed by atoms with E-state index in [4.69, 9.17) is 0 Å². The van der Waals surface area contributed by atoms with E-state index in [9.17, 15) is 27.7 Å². The Balaban J connectivity index is 1.57. The van der Waals surface area contributed by atoms with Crippen LogP contribution in [-0.2, 0) is 9.84 Å². The maximum atomic E-state index is 13.2. The Hall–Kier alpha value is -3.86. The molecule has 33 heavy (non-hydrogen) atoms. The van der Waals surface area contributed by atoms with Crippen molar-refractivity contribution in [3.8, 4) is 0 Å². The smallest absolute Gasteiger partial charge is 0.289 e. The van der Waals surface area contributed by atoms with Crippen LogP contribution in [0.4, 0.5) is 15.9 Å². The van der Waals surface area contributed by atoms with Gasteiger partial charge >= 0.3 is 0 Å². The third-order valence-corrected chi connectivity index (χ3v) is 7.17. The van der Waals surface area contributed by atoms with Crippen molar-refractivity contribution in [2.45, 2.75) is 9.79 Å². The van der Waals surface area contributed by atoms with Gasteiger partial charge in [-0.1, -0.05) is 6.07 Å². The first kappa shape index (κ1) is 22.3. The molecule has 0 atom stereocenters. The standard InChI is InChI=1S/C22H19FN4O5S/c23-17-5-7-18(8-6-17)33(31,32)20-9-4-16(15-19(20)27(29)30)22(28)26-13-11-25(12-14-26)21-3-1-2-10-24-21/h1-10,15H,11-14H2. The number of nitro groups is 1. The summed E-state index contributed by atoms with van der Waals surface area (Å²) in [6.07, 6.45) is 1.69. The fourth-order valence-electron chi connectivity index (χ4n) is 3.62. The number of anilines is 1. The first-order chi connectivity index (χ1) is 15.8. The van der Waals surface area contributed by atoms with Gasteiger partial charge in [0, 0.05) is 44.0 Å². The van der Waals surface area contributed by atoms with E-state index in [1.165, 1.54) is 6.07 Å². The molecule has 0 unspecified atom stereocenters. The van der Waals surface area contributed by atoms with E-state index in [2.05, 4.69) is 4.98 Å². The monoisotopic (exact) mass is 470 g/mol. The highest BCUT2D eigenvalue weighted by atomic mass is 32.2. The van der Waals surface area contributed by atoms with Crippen molar-refractivity contribution in [3.05, 3.63) is 88.4 Å². The number of hydrogen-bond acceptors (Lipinski definition) is 7. The third-order valence-electron chi connectivity index (χ3n) is 5.36. The lowest BCUT2D eigenvalue weighted by molar-refractivity contribution is -0.387. The quantitative estimate of drug-likeness (QED) is 0.320. The molecule has 2 heterocycles. The lowest BCUT2D eigenvalue weighted by Crippen LogP contribution is -2.49. The summed E-state index contributed by atoms with van der Waals surface area (Å²) < 4.78 is 39.0. The molecule has 0 spiro atoms. The maximum absolute atomic E-state index is 13.2. The molecule has 0 N–H and O–H groups in total. The molecule has 1 aromatic heterocycles. The zero-order valence-corrected chi connectivity index (χ0v) is 18.1. The minimum Gasteiger partial charge on any atom is -0.353 e. The zero-order chi connectivity index (χ0) is 23.6. The number of hydrogen-bond donors (Lipinski definition) is 0. The van der Waals surface area contributed by atoms with Crippen LogP contribution in [0, 0.1) is 15.9 Å². The van der Waals surface area contributed by atoms with Crippen LogP contribution >= 0.6 is 0 Å². The van der Waals surface area contributed by atoms with Gasteiger partial charge in [-0.25, -0.2) is 17.8 Å². The number of carbonyl (C=O) groups is 1. The fourth-order valence-corrected chi connectivity index (χ4v) is 5.03. The van der Waals surface area contributed by atoms with Crippen LogP contribution in [-0.4, -0.2) is 55.3 Å². The van der Waals surface area contributed by atoms with Gasteiger partial charge in [0.2, 0.25) is 9.84 Å². The summed E-state index contributed by atoms with van der Waals surface area (Å²) in [6.45, 7) is 1.86. The lowest BCUT2D eigenvalue weighted by atomic mass is 10.1. The first-order valence-corrected chi connectivity index (χ1v) is 11.5. The van der Waals surface area contributed by atoms with Gasteiger partial charge in [-0.15, -0.1) is 0 Å². The number of nitro benzene ring substituents is 1. The summed E-state index contributed by atoms with van der Waals surface area (Å²) in [7, 11) is -4.28. The molecule has 2 aromatic carbocycles. The van der Waals surface area contributed by atoms with Crippen molar-refractivity contribution in [1.82, 2.24) is 9.88 Å². The Labute approximate surface area is 189 Å². The van der Waals surface area contributed by atoms with Crippen molar-refractivity contribution in [2.75, 3.05) is 31.1 Å². The van der Waals surface area contributed by atoms with Gasteiger partial charge in [-0.3, -0.25) is 14.9 Å². The van der Waals surface area contributed by atoms with E-state index in [0.717, 1.165) is 42.2 Å². The van der Waals surface area contributed by atoms with Crippen molar-refractivity contribution >= 4 is 27.2 Å². The van der Waals surface area contributed by atoms with Gasteiger partial charge in [0.05, 0.1) is 9.82 Å². The molecule has 1 aliphatic heterocycles. The van der Waals surface area contributed by atoms with Gasteiger partial charge in [-0.2, -0.15) is 0 Å². The molecule has 4 rings (SSSR count). The number of pyridine rings is 1. The molecule has 11 heteroatoms. The number of carbonyl (C=O) groups excluding carboxylic acids is 1. The summed E-state index contributed by atoms with van der Waals surface area (Å²) in [6, 6.07) is 12.8. The fraction of sp³-hybridized carbons (Fsp3) is 0.182. The Morgan fingerprint density at radius 2 is 1.70 bits per heavy atom. The summed E-state index contributed by atoms with van der Waals surface area (Å²) in [5.41, 5.74) is -0.691. The number of sulfone groups is 1. The molecule has 0 saturated carbocycles. The van der Waals surface area contributed by atoms with E-state index in [1.807, 2.05) is 23.1 Å². The Kier molecular flexibility index (Phi) is 6.05. The molecule has 0 radical (unpaired) electrons. The third kappa shape index (κ3) is 4.53. The van der Waals surface area contributed by atoms with Crippen LogP contribution in [0.25, 0.3) is 0 Å². The van der Waals surface area contributed by atoms with E-state index in [-0.39, 0.29) is 10.5 Å². The van der Waals surface area contributed by atoms with E-state index in [0.29, 0.717) is 26.2 Å². The number of aromatic nitrogens is 1. The minimum absolute atomic E-state index is 0.0195.